The van der Waals surface area contributed by atoms with Crippen molar-refractivity contribution in [1.82, 2.24) is 24.8 Å². The minimum absolute atomic E-state index is 0.0380. The summed E-state index contributed by atoms with van der Waals surface area (Å²) in [4.78, 5) is 38.0. The molecule has 1 N–H and O–H groups in total. The molecular weight excluding hydrogens is 443 g/mol. The highest BCUT2D eigenvalue weighted by atomic mass is 19.4. The maximum Gasteiger partial charge on any atom is 0.490 e. The summed E-state index contributed by atoms with van der Waals surface area (Å²) in [6.45, 7) is 3.16. The number of piperidine rings is 1. The third kappa shape index (κ3) is 6.15. The molecule has 2 fully saturated rings. The van der Waals surface area contributed by atoms with E-state index in [0.717, 1.165) is 32.5 Å². The Balaban J connectivity index is 0.000000383. The van der Waals surface area contributed by atoms with Crippen molar-refractivity contribution in [2.75, 3.05) is 33.3 Å². The molecule has 0 bridgehead atoms. The van der Waals surface area contributed by atoms with Crippen molar-refractivity contribution in [3.8, 4) is 5.88 Å². The summed E-state index contributed by atoms with van der Waals surface area (Å²) >= 11 is 0. The topological polar surface area (TPSA) is 109 Å². The lowest BCUT2D eigenvalue weighted by atomic mass is 9.75. The van der Waals surface area contributed by atoms with Gasteiger partial charge < -0.3 is 14.7 Å². The Kier molecular flexibility index (Phi) is 7.46. The number of likely N-dealkylation sites (N-methyl/N-ethyl adjacent to an activating group) is 1. The molecular formula is C21H24F3N5O4. The number of rotatable bonds is 4. The van der Waals surface area contributed by atoms with Gasteiger partial charge in [0.05, 0.1) is 18.3 Å². The summed E-state index contributed by atoms with van der Waals surface area (Å²) in [5.74, 6) is -1.65. The van der Waals surface area contributed by atoms with Crippen molar-refractivity contribution in [3.63, 3.8) is 0 Å². The Labute approximate surface area is 188 Å². The third-order valence-electron chi connectivity index (χ3n) is 5.74. The van der Waals surface area contributed by atoms with Crippen LogP contribution in [0.3, 0.4) is 0 Å². The van der Waals surface area contributed by atoms with Gasteiger partial charge in [-0.15, -0.1) is 0 Å². The van der Waals surface area contributed by atoms with Gasteiger partial charge in [0, 0.05) is 37.7 Å². The monoisotopic (exact) mass is 467 g/mol. The first-order valence-electron chi connectivity index (χ1n) is 10.2. The number of carboxylic acids is 1. The summed E-state index contributed by atoms with van der Waals surface area (Å²) in [7, 11) is 2.15. The van der Waals surface area contributed by atoms with E-state index in [9.17, 15) is 18.0 Å². The number of aliphatic carboxylic acids is 1. The van der Waals surface area contributed by atoms with Crippen LogP contribution < -0.4 is 4.74 Å². The molecule has 0 aliphatic carbocycles. The fraction of sp³-hybridized carbons (Fsp3) is 0.476. The van der Waals surface area contributed by atoms with Crippen molar-refractivity contribution in [3.05, 3.63) is 48.7 Å². The quantitative estimate of drug-likeness (QED) is 0.729. The Morgan fingerprint density at radius 2 is 1.94 bits per heavy atom. The number of hydrogen-bond donors (Lipinski definition) is 1. The molecule has 0 radical (unpaired) electrons. The van der Waals surface area contributed by atoms with Gasteiger partial charge in [-0.25, -0.2) is 14.8 Å². The lowest BCUT2D eigenvalue weighted by Gasteiger charge is -2.58. The van der Waals surface area contributed by atoms with E-state index in [2.05, 4.69) is 26.9 Å². The van der Waals surface area contributed by atoms with Gasteiger partial charge >= 0.3 is 12.1 Å². The highest BCUT2D eigenvalue weighted by molar-refractivity contribution is 5.92. The zero-order valence-electron chi connectivity index (χ0n) is 17.9. The second-order valence-corrected chi connectivity index (χ2v) is 8.04. The largest absolute Gasteiger partial charge is 0.490 e. The molecule has 2 aliphatic rings. The third-order valence-corrected chi connectivity index (χ3v) is 5.74. The Morgan fingerprint density at radius 1 is 1.21 bits per heavy atom. The van der Waals surface area contributed by atoms with E-state index in [4.69, 9.17) is 14.6 Å². The van der Waals surface area contributed by atoms with Crippen LogP contribution >= 0.6 is 0 Å². The number of carbonyl (C=O) groups is 2. The molecule has 2 saturated heterocycles. The lowest BCUT2D eigenvalue weighted by Crippen LogP contribution is -2.72. The predicted molar refractivity (Wildman–Crippen MR) is 109 cm³/mol. The van der Waals surface area contributed by atoms with Crippen molar-refractivity contribution in [1.29, 1.82) is 0 Å². The van der Waals surface area contributed by atoms with Gasteiger partial charge in [0.25, 0.3) is 5.91 Å². The second kappa shape index (κ2) is 10.1. The van der Waals surface area contributed by atoms with Crippen molar-refractivity contribution in [2.45, 2.75) is 24.6 Å². The van der Waals surface area contributed by atoms with Crippen molar-refractivity contribution < 1.29 is 32.6 Å². The number of aromatic nitrogens is 3. The highest BCUT2D eigenvalue weighted by Gasteiger charge is 2.51. The molecule has 0 saturated carbocycles. The molecule has 178 valence electrons. The number of nitrogens with zero attached hydrogens (tertiary/aromatic N) is 5. The summed E-state index contributed by atoms with van der Waals surface area (Å²) in [6.07, 6.45) is 3.45. The normalized spacial score (nSPS) is 19.8. The van der Waals surface area contributed by atoms with Crippen LogP contribution in [0.25, 0.3) is 0 Å². The van der Waals surface area contributed by atoms with E-state index in [0.29, 0.717) is 24.1 Å². The number of halogens is 3. The van der Waals surface area contributed by atoms with E-state index >= 15 is 0 Å². The van der Waals surface area contributed by atoms with E-state index in [1.54, 1.807) is 18.6 Å². The Morgan fingerprint density at radius 3 is 2.52 bits per heavy atom. The molecule has 12 heteroatoms. The van der Waals surface area contributed by atoms with E-state index in [1.165, 1.54) is 6.20 Å². The van der Waals surface area contributed by atoms with Crippen molar-refractivity contribution >= 4 is 11.9 Å². The maximum atomic E-state index is 12.5. The zero-order valence-corrected chi connectivity index (χ0v) is 17.9. The summed E-state index contributed by atoms with van der Waals surface area (Å²) in [6, 6.07) is 5.70. The predicted octanol–water partition coefficient (Wildman–Crippen LogP) is 2.12. The zero-order chi connectivity index (χ0) is 24.1. The molecule has 9 nitrogen and oxygen atoms in total. The molecule has 2 aromatic heterocycles. The van der Waals surface area contributed by atoms with Crippen LogP contribution in [0, 0.1) is 5.92 Å². The molecule has 1 atom stereocenters. The molecule has 33 heavy (non-hydrogen) atoms. The summed E-state index contributed by atoms with van der Waals surface area (Å²) in [5, 5.41) is 7.12. The number of carbonyl (C=O) groups excluding carboxylic acids is 1. The number of ether oxygens (including phenoxy) is 1. The van der Waals surface area contributed by atoms with Gasteiger partial charge in [-0.2, -0.15) is 13.2 Å². The number of amides is 1. The van der Waals surface area contributed by atoms with Gasteiger partial charge in [-0.1, -0.05) is 6.07 Å². The standard InChI is InChI=1S/C19H23N5O2.C2HF3O2/c1-23-9-5-15(12-26-17-4-2-3-6-22-17)10-19(23)13-24(14-19)18(25)16-11-20-7-8-21-16;3-2(4,5)1(6)7/h2-4,6-8,11,15H,5,9-10,12-14H2,1H3;(H,6,7). The van der Waals surface area contributed by atoms with Crippen LogP contribution in [0.4, 0.5) is 13.2 Å². The molecule has 4 heterocycles. The molecule has 1 unspecified atom stereocenters. The summed E-state index contributed by atoms with van der Waals surface area (Å²) < 4.78 is 37.6. The SMILES string of the molecule is CN1CCC(COc2ccccn2)CC12CN(C(=O)c1cnccn1)C2.O=C(O)C(F)(F)F. The number of hydrogen-bond acceptors (Lipinski definition) is 7. The van der Waals surface area contributed by atoms with E-state index in [-0.39, 0.29) is 11.4 Å². The number of pyridine rings is 1. The second-order valence-electron chi connectivity index (χ2n) is 8.04. The molecule has 1 spiro atoms. The Hall–Kier alpha value is -3.28. The Bertz CT molecular complexity index is 940. The van der Waals surface area contributed by atoms with Crippen LogP contribution in [0.15, 0.2) is 43.0 Å². The minimum atomic E-state index is -5.08. The van der Waals surface area contributed by atoms with Crippen LogP contribution in [-0.2, 0) is 4.79 Å². The van der Waals surface area contributed by atoms with Crippen LogP contribution in [0.2, 0.25) is 0 Å². The van der Waals surface area contributed by atoms with Crippen molar-refractivity contribution in [2.24, 2.45) is 5.92 Å². The molecule has 2 aromatic rings. The van der Waals surface area contributed by atoms with E-state index < -0.39 is 12.1 Å². The first-order chi connectivity index (χ1) is 15.6. The number of likely N-dealkylation sites (tertiary alicyclic amines) is 2. The van der Waals surface area contributed by atoms with Gasteiger partial charge in [0.2, 0.25) is 5.88 Å². The molecule has 4 rings (SSSR count). The van der Waals surface area contributed by atoms with Gasteiger partial charge in [-0.05, 0) is 38.4 Å². The molecule has 2 aliphatic heterocycles. The molecule has 1 amide bonds. The lowest BCUT2D eigenvalue weighted by molar-refractivity contribution is -0.192. The van der Waals surface area contributed by atoms with E-state index in [1.807, 2.05) is 23.1 Å². The fourth-order valence-electron chi connectivity index (χ4n) is 3.94. The van der Waals surface area contributed by atoms with Crippen LogP contribution in [-0.4, -0.2) is 86.7 Å². The number of alkyl halides is 3. The minimum Gasteiger partial charge on any atom is -0.477 e. The molecule has 0 aromatic carbocycles. The van der Waals surface area contributed by atoms with Crippen LogP contribution in [0.1, 0.15) is 23.3 Å². The smallest absolute Gasteiger partial charge is 0.477 e. The van der Waals surface area contributed by atoms with Gasteiger partial charge in [0.15, 0.2) is 0 Å². The average Bonchev–Trinajstić information content (AvgIpc) is 2.78. The number of carboxylic acid groups (broad SMARTS) is 1. The van der Waals surface area contributed by atoms with Gasteiger partial charge in [-0.3, -0.25) is 14.7 Å². The summed E-state index contributed by atoms with van der Waals surface area (Å²) in [5.41, 5.74) is 0.463. The first-order valence-corrected chi connectivity index (χ1v) is 10.2. The average molecular weight is 467 g/mol. The van der Waals surface area contributed by atoms with Crippen LogP contribution in [0.5, 0.6) is 5.88 Å². The maximum absolute atomic E-state index is 12.5. The highest BCUT2D eigenvalue weighted by Crippen LogP contribution is 2.38. The first kappa shape index (κ1) is 24.4. The van der Waals surface area contributed by atoms with Gasteiger partial charge in [0.1, 0.15) is 5.69 Å². The fourth-order valence-corrected chi connectivity index (χ4v) is 3.94.